The van der Waals surface area contributed by atoms with Crippen molar-refractivity contribution in [2.45, 2.75) is 20.1 Å². The SMILES string of the molecule is CCn1ncc2nc(-c3ccc(OC)c(COc4ccc(F)cc4)c3)[nH]c(=O)c21. The second kappa shape index (κ2) is 7.75. The second-order valence-corrected chi connectivity index (χ2v) is 6.38. The van der Waals surface area contributed by atoms with Crippen LogP contribution < -0.4 is 15.0 Å². The van der Waals surface area contributed by atoms with Crippen molar-refractivity contribution >= 4 is 11.0 Å². The molecular weight excluding hydrogens is 375 g/mol. The van der Waals surface area contributed by atoms with Gasteiger partial charge in [-0.2, -0.15) is 5.10 Å². The number of aromatic amines is 1. The van der Waals surface area contributed by atoms with Crippen LogP contribution in [0, 0.1) is 5.82 Å². The Labute approximate surface area is 165 Å². The van der Waals surface area contributed by atoms with E-state index in [1.54, 1.807) is 36.2 Å². The first-order valence-corrected chi connectivity index (χ1v) is 9.10. The number of H-pyrrole nitrogens is 1. The van der Waals surface area contributed by atoms with Crippen molar-refractivity contribution in [3.05, 3.63) is 70.4 Å². The largest absolute Gasteiger partial charge is 0.496 e. The van der Waals surface area contributed by atoms with E-state index in [1.807, 2.05) is 19.1 Å². The molecule has 0 fully saturated rings. The van der Waals surface area contributed by atoms with E-state index in [9.17, 15) is 9.18 Å². The summed E-state index contributed by atoms with van der Waals surface area (Å²) in [6, 6.07) is 11.2. The molecule has 7 nitrogen and oxygen atoms in total. The molecule has 2 aromatic carbocycles. The molecule has 2 aromatic heterocycles. The molecule has 0 radical (unpaired) electrons. The van der Waals surface area contributed by atoms with Crippen LogP contribution in [0.25, 0.3) is 22.4 Å². The minimum Gasteiger partial charge on any atom is -0.496 e. The average Bonchev–Trinajstić information content (AvgIpc) is 3.17. The highest BCUT2D eigenvalue weighted by Crippen LogP contribution is 2.26. The third-order valence-electron chi connectivity index (χ3n) is 4.56. The quantitative estimate of drug-likeness (QED) is 0.541. The summed E-state index contributed by atoms with van der Waals surface area (Å²) >= 11 is 0. The Morgan fingerprint density at radius 3 is 2.69 bits per heavy atom. The maximum atomic E-state index is 13.1. The van der Waals surface area contributed by atoms with Crippen LogP contribution in [0.1, 0.15) is 12.5 Å². The zero-order chi connectivity index (χ0) is 20.4. The fourth-order valence-electron chi connectivity index (χ4n) is 3.11. The number of fused-ring (bicyclic) bond motifs is 1. The van der Waals surface area contributed by atoms with Crippen molar-refractivity contribution in [2.24, 2.45) is 0 Å². The Hall–Kier alpha value is -3.68. The lowest BCUT2D eigenvalue weighted by Gasteiger charge is -2.12. The first kappa shape index (κ1) is 18.7. The number of halogens is 1. The van der Waals surface area contributed by atoms with Gasteiger partial charge in [-0.05, 0) is 49.4 Å². The number of aromatic nitrogens is 4. The molecule has 8 heteroatoms. The molecule has 148 valence electrons. The number of hydrogen-bond acceptors (Lipinski definition) is 5. The summed E-state index contributed by atoms with van der Waals surface area (Å²) in [5, 5.41) is 4.19. The fourth-order valence-corrected chi connectivity index (χ4v) is 3.11. The van der Waals surface area contributed by atoms with Gasteiger partial charge in [-0.15, -0.1) is 0 Å². The van der Waals surface area contributed by atoms with Crippen LogP contribution in [0.5, 0.6) is 11.5 Å². The molecule has 0 bridgehead atoms. The average molecular weight is 394 g/mol. The summed E-state index contributed by atoms with van der Waals surface area (Å²) in [7, 11) is 1.57. The lowest BCUT2D eigenvalue weighted by atomic mass is 10.1. The van der Waals surface area contributed by atoms with Crippen molar-refractivity contribution < 1.29 is 13.9 Å². The standard InChI is InChI=1S/C21H19FN4O3/c1-3-26-19-17(11-23-26)24-20(25-21(19)27)13-4-9-18(28-2)14(10-13)12-29-16-7-5-15(22)6-8-16/h4-11H,3,12H2,1-2H3,(H,24,25,27). The van der Waals surface area contributed by atoms with Gasteiger partial charge in [0.25, 0.3) is 5.56 Å². The van der Waals surface area contributed by atoms with Gasteiger partial charge in [-0.1, -0.05) is 0 Å². The third kappa shape index (κ3) is 3.69. The highest BCUT2D eigenvalue weighted by atomic mass is 19.1. The number of rotatable bonds is 6. The van der Waals surface area contributed by atoms with Crippen LogP contribution in [0.3, 0.4) is 0 Å². The lowest BCUT2D eigenvalue weighted by molar-refractivity contribution is 0.296. The molecule has 1 N–H and O–H groups in total. The molecule has 0 unspecified atom stereocenters. The van der Waals surface area contributed by atoms with E-state index in [0.717, 1.165) is 5.56 Å². The molecular formula is C21H19FN4O3. The summed E-state index contributed by atoms with van der Waals surface area (Å²) in [5.74, 6) is 1.29. The number of nitrogens with one attached hydrogen (secondary N) is 1. The third-order valence-corrected chi connectivity index (χ3v) is 4.56. The highest BCUT2D eigenvalue weighted by Gasteiger charge is 2.13. The van der Waals surface area contributed by atoms with Gasteiger partial charge in [-0.3, -0.25) is 9.48 Å². The number of ether oxygens (including phenoxy) is 2. The predicted molar refractivity (Wildman–Crippen MR) is 107 cm³/mol. The molecule has 0 saturated heterocycles. The van der Waals surface area contributed by atoms with Gasteiger partial charge in [0.2, 0.25) is 0 Å². The summed E-state index contributed by atoms with van der Waals surface area (Å²) < 4.78 is 25.8. The molecule has 0 atom stereocenters. The van der Waals surface area contributed by atoms with Crippen LogP contribution in [-0.4, -0.2) is 26.9 Å². The van der Waals surface area contributed by atoms with E-state index in [4.69, 9.17) is 9.47 Å². The Kier molecular flexibility index (Phi) is 4.99. The first-order chi connectivity index (χ1) is 14.1. The van der Waals surface area contributed by atoms with Crippen molar-refractivity contribution in [3.8, 4) is 22.9 Å². The molecule has 4 rings (SSSR count). The van der Waals surface area contributed by atoms with Crippen molar-refractivity contribution in [2.75, 3.05) is 7.11 Å². The second-order valence-electron chi connectivity index (χ2n) is 6.38. The van der Waals surface area contributed by atoms with Gasteiger partial charge < -0.3 is 14.5 Å². The molecule has 2 heterocycles. The summed E-state index contributed by atoms with van der Waals surface area (Å²) in [6.45, 7) is 2.71. The van der Waals surface area contributed by atoms with Crippen LogP contribution in [-0.2, 0) is 13.2 Å². The number of methoxy groups -OCH3 is 1. The molecule has 0 spiro atoms. The highest BCUT2D eigenvalue weighted by molar-refractivity contribution is 5.75. The van der Waals surface area contributed by atoms with Crippen LogP contribution >= 0.6 is 0 Å². The van der Waals surface area contributed by atoms with Gasteiger partial charge in [-0.25, -0.2) is 9.37 Å². The number of benzene rings is 2. The molecule has 0 aliphatic carbocycles. The van der Waals surface area contributed by atoms with Gasteiger partial charge in [0.1, 0.15) is 35.3 Å². The Morgan fingerprint density at radius 2 is 1.97 bits per heavy atom. The maximum Gasteiger partial charge on any atom is 0.277 e. The van der Waals surface area contributed by atoms with Crippen molar-refractivity contribution in [1.82, 2.24) is 19.7 Å². The monoisotopic (exact) mass is 394 g/mol. The number of nitrogens with zero attached hydrogens (tertiary/aromatic N) is 3. The molecule has 0 aliphatic rings. The van der Waals surface area contributed by atoms with E-state index >= 15 is 0 Å². The normalized spacial score (nSPS) is 11.0. The van der Waals surface area contributed by atoms with E-state index in [2.05, 4.69) is 15.1 Å². The maximum absolute atomic E-state index is 13.1. The first-order valence-electron chi connectivity index (χ1n) is 9.10. The molecule has 0 amide bonds. The van der Waals surface area contributed by atoms with E-state index < -0.39 is 0 Å². The minimum absolute atomic E-state index is 0.211. The fraction of sp³-hybridized carbons (Fsp3) is 0.190. The van der Waals surface area contributed by atoms with Crippen LogP contribution in [0.4, 0.5) is 4.39 Å². The Morgan fingerprint density at radius 1 is 1.17 bits per heavy atom. The van der Waals surface area contributed by atoms with Gasteiger partial charge >= 0.3 is 0 Å². The Bertz CT molecular complexity index is 1220. The van der Waals surface area contributed by atoms with Gasteiger partial charge in [0.05, 0.1) is 13.3 Å². The summed E-state index contributed by atoms with van der Waals surface area (Å²) in [5.41, 5.74) is 2.22. The zero-order valence-corrected chi connectivity index (χ0v) is 16.0. The summed E-state index contributed by atoms with van der Waals surface area (Å²) in [6.07, 6.45) is 1.58. The van der Waals surface area contributed by atoms with Crippen LogP contribution in [0.15, 0.2) is 53.5 Å². The minimum atomic E-state index is -0.325. The smallest absolute Gasteiger partial charge is 0.277 e. The van der Waals surface area contributed by atoms with Crippen molar-refractivity contribution in [3.63, 3.8) is 0 Å². The topological polar surface area (TPSA) is 82.0 Å². The van der Waals surface area contributed by atoms with E-state index in [1.165, 1.54) is 12.1 Å². The zero-order valence-electron chi connectivity index (χ0n) is 16.0. The van der Waals surface area contributed by atoms with Crippen LogP contribution in [0.2, 0.25) is 0 Å². The summed E-state index contributed by atoms with van der Waals surface area (Å²) in [4.78, 5) is 19.9. The Balaban J connectivity index is 1.68. The molecule has 0 saturated carbocycles. The van der Waals surface area contributed by atoms with E-state index in [-0.39, 0.29) is 18.0 Å². The van der Waals surface area contributed by atoms with E-state index in [0.29, 0.717) is 40.5 Å². The lowest BCUT2D eigenvalue weighted by Crippen LogP contribution is -2.13. The number of hydrogen-bond donors (Lipinski definition) is 1. The predicted octanol–water partition coefficient (Wildman–Crippen LogP) is 3.53. The van der Waals surface area contributed by atoms with Gasteiger partial charge in [0.15, 0.2) is 5.52 Å². The van der Waals surface area contributed by atoms with Gasteiger partial charge in [0, 0.05) is 17.7 Å². The molecule has 29 heavy (non-hydrogen) atoms. The molecule has 0 aliphatic heterocycles. The molecule has 4 aromatic rings. The van der Waals surface area contributed by atoms with Crippen molar-refractivity contribution in [1.29, 1.82) is 0 Å². The number of aryl methyl sites for hydroxylation is 1.